The predicted molar refractivity (Wildman–Crippen MR) is 78.8 cm³/mol. The first-order valence-electron chi connectivity index (χ1n) is 5.77. The average molecular weight is 273 g/mol. The Kier molecular flexibility index (Phi) is 5.07. The fourth-order valence-electron chi connectivity index (χ4n) is 2.05. The minimum absolute atomic E-state index is 0.354. The third-order valence-electron chi connectivity index (χ3n) is 3.01. The van der Waals surface area contributed by atoms with Crippen LogP contribution >= 0.6 is 34.9 Å². The number of aryl methyl sites for hydroxylation is 1. The van der Waals surface area contributed by atoms with E-state index < -0.39 is 0 Å². The lowest BCUT2D eigenvalue weighted by Gasteiger charge is -2.32. The molecule has 90 valence electrons. The van der Waals surface area contributed by atoms with Crippen molar-refractivity contribution in [2.45, 2.75) is 36.3 Å². The lowest BCUT2D eigenvalue weighted by Crippen LogP contribution is -2.40. The number of nitrogens with two attached hydrogens (primary N) is 1. The molecule has 1 nitrogen and oxygen atoms in total. The van der Waals surface area contributed by atoms with E-state index in [-0.39, 0.29) is 0 Å². The zero-order valence-corrected chi connectivity index (χ0v) is 12.0. The highest BCUT2D eigenvalue weighted by Gasteiger charge is 2.27. The minimum atomic E-state index is 0.354. The fraction of sp³-hybridized carbons (Fsp3) is 0.667. The van der Waals surface area contributed by atoms with E-state index in [0.29, 0.717) is 11.3 Å². The molecule has 1 saturated heterocycles. The van der Waals surface area contributed by atoms with Gasteiger partial charge in [0, 0.05) is 28.0 Å². The summed E-state index contributed by atoms with van der Waals surface area (Å²) >= 11 is 5.93. The molecular formula is C12H19NS3. The van der Waals surface area contributed by atoms with E-state index in [4.69, 9.17) is 5.73 Å². The molecule has 3 unspecified atom stereocenters. The van der Waals surface area contributed by atoms with Crippen molar-refractivity contribution in [1.82, 2.24) is 0 Å². The van der Waals surface area contributed by atoms with Gasteiger partial charge in [-0.3, -0.25) is 0 Å². The van der Waals surface area contributed by atoms with Gasteiger partial charge in [-0.25, -0.2) is 0 Å². The fourth-order valence-corrected chi connectivity index (χ4v) is 5.69. The highest BCUT2D eigenvalue weighted by Crippen LogP contribution is 2.33. The smallest absolute Gasteiger partial charge is 0.0315 e. The molecule has 0 aliphatic carbocycles. The molecule has 1 aliphatic rings. The van der Waals surface area contributed by atoms with Crippen molar-refractivity contribution in [3.63, 3.8) is 0 Å². The summed E-state index contributed by atoms with van der Waals surface area (Å²) in [5, 5.41) is 5.75. The van der Waals surface area contributed by atoms with Gasteiger partial charge in [0.25, 0.3) is 0 Å². The first-order chi connectivity index (χ1) is 7.77. The molecule has 2 heterocycles. The Morgan fingerprint density at radius 2 is 2.25 bits per heavy atom. The van der Waals surface area contributed by atoms with Gasteiger partial charge in [0.05, 0.1) is 0 Å². The van der Waals surface area contributed by atoms with Crippen LogP contribution in [0.2, 0.25) is 0 Å². The van der Waals surface area contributed by atoms with Crippen LogP contribution in [0, 0.1) is 0 Å². The minimum Gasteiger partial charge on any atom is -0.327 e. The van der Waals surface area contributed by atoms with Gasteiger partial charge in [-0.2, -0.15) is 34.9 Å². The summed E-state index contributed by atoms with van der Waals surface area (Å²) in [6.07, 6.45) is 2.26. The van der Waals surface area contributed by atoms with E-state index >= 15 is 0 Å². The Morgan fingerprint density at radius 3 is 2.94 bits per heavy atom. The molecule has 0 bridgehead atoms. The van der Waals surface area contributed by atoms with E-state index in [1.54, 1.807) is 11.3 Å². The SMILES string of the molecule is CC1SCCSC1C(N)CCc1ccsc1. The van der Waals surface area contributed by atoms with Crippen molar-refractivity contribution in [2.24, 2.45) is 5.73 Å². The molecule has 4 heteroatoms. The maximum Gasteiger partial charge on any atom is 0.0315 e. The van der Waals surface area contributed by atoms with Crippen molar-refractivity contribution in [3.05, 3.63) is 22.4 Å². The highest BCUT2D eigenvalue weighted by molar-refractivity contribution is 8.07. The summed E-state index contributed by atoms with van der Waals surface area (Å²) in [7, 11) is 0. The second-order valence-corrected chi connectivity index (χ2v) is 7.80. The molecule has 2 N–H and O–H groups in total. The van der Waals surface area contributed by atoms with Crippen LogP contribution in [-0.2, 0) is 6.42 Å². The standard InChI is InChI=1S/C12H19NS3/c1-9-12(16-7-6-15-9)11(13)3-2-10-4-5-14-8-10/h4-5,8-9,11-12H,2-3,6-7,13H2,1H3. The number of thioether (sulfide) groups is 2. The van der Waals surface area contributed by atoms with E-state index in [2.05, 4.69) is 47.3 Å². The van der Waals surface area contributed by atoms with Gasteiger partial charge >= 0.3 is 0 Å². The molecule has 0 saturated carbocycles. The molecular weight excluding hydrogens is 254 g/mol. The predicted octanol–water partition coefficient (Wildman–Crippen LogP) is 3.25. The normalized spacial score (nSPS) is 27.9. The Morgan fingerprint density at radius 1 is 1.44 bits per heavy atom. The Labute approximate surface area is 111 Å². The van der Waals surface area contributed by atoms with E-state index in [0.717, 1.165) is 18.1 Å². The van der Waals surface area contributed by atoms with Gasteiger partial charge in [0.2, 0.25) is 0 Å². The van der Waals surface area contributed by atoms with Crippen LogP contribution < -0.4 is 5.73 Å². The molecule has 1 aliphatic heterocycles. The second-order valence-electron chi connectivity index (χ2n) is 4.25. The zero-order valence-electron chi connectivity index (χ0n) is 9.59. The number of thiophene rings is 1. The number of hydrogen-bond acceptors (Lipinski definition) is 4. The quantitative estimate of drug-likeness (QED) is 0.912. The Balaban J connectivity index is 1.80. The van der Waals surface area contributed by atoms with Crippen molar-refractivity contribution in [1.29, 1.82) is 0 Å². The second kappa shape index (κ2) is 6.34. The number of hydrogen-bond donors (Lipinski definition) is 1. The summed E-state index contributed by atoms with van der Waals surface area (Å²) in [6, 6.07) is 2.57. The number of rotatable bonds is 4. The Hall–Kier alpha value is 0.360. The van der Waals surface area contributed by atoms with Gasteiger partial charge < -0.3 is 5.73 Å². The molecule has 2 rings (SSSR count). The maximum absolute atomic E-state index is 6.32. The van der Waals surface area contributed by atoms with Crippen molar-refractivity contribution >= 4 is 34.9 Å². The molecule has 1 fully saturated rings. The summed E-state index contributed by atoms with van der Waals surface area (Å²) in [6.45, 7) is 2.33. The lowest BCUT2D eigenvalue weighted by molar-refractivity contribution is 0.580. The van der Waals surface area contributed by atoms with E-state index in [9.17, 15) is 0 Å². The Bertz CT molecular complexity index is 299. The van der Waals surface area contributed by atoms with Crippen LogP contribution in [0.4, 0.5) is 0 Å². The van der Waals surface area contributed by atoms with Crippen LogP contribution in [0.15, 0.2) is 16.8 Å². The molecule has 0 aromatic carbocycles. The molecule has 0 radical (unpaired) electrons. The van der Waals surface area contributed by atoms with Crippen LogP contribution in [0.25, 0.3) is 0 Å². The molecule has 1 aromatic rings. The van der Waals surface area contributed by atoms with Crippen LogP contribution in [0.1, 0.15) is 18.9 Å². The third-order valence-corrected chi connectivity index (χ3v) is 7.01. The van der Waals surface area contributed by atoms with Crippen molar-refractivity contribution in [2.75, 3.05) is 11.5 Å². The summed E-state index contributed by atoms with van der Waals surface area (Å²) < 4.78 is 0. The molecule has 0 spiro atoms. The molecule has 0 amide bonds. The zero-order chi connectivity index (χ0) is 11.4. The lowest BCUT2D eigenvalue weighted by atomic mass is 10.0. The van der Waals surface area contributed by atoms with Crippen LogP contribution in [0.3, 0.4) is 0 Å². The maximum atomic E-state index is 6.32. The third kappa shape index (κ3) is 3.42. The van der Waals surface area contributed by atoms with Gasteiger partial charge in [-0.05, 0) is 35.2 Å². The first-order valence-corrected chi connectivity index (χ1v) is 8.81. The average Bonchev–Trinajstić information content (AvgIpc) is 2.79. The highest BCUT2D eigenvalue weighted by atomic mass is 32.2. The van der Waals surface area contributed by atoms with Gasteiger partial charge in [-0.1, -0.05) is 6.92 Å². The van der Waals surface area contributed by atoms with Gasteiger partial charge in [-0.15, -0.1) is 0 Å². The van der Waals surface area contributed by atoms with Crippen molar-refractivity contribution in [3.8, 4) is 0 Å². The molecule has 3 atom stereocenters. The van der Waals surface area contributed by atoms with E-state index in [1.165, 1.54) is 17.1 Å². The largest absolute Gasteiger partial charge is 0.327 e. The van der Waals surface area contributed by atoms with Crippen molar-refractivity contribution < 1.29 is 0 Å². The first kappa shape index (κ1) is 12.8. The van der Waals surface area contributed by atoms with Gasteiger partial charge in [0.15, 0.2) is 0 Å². The van der Waals surface area contributed by atoms with Crippen LogP contribution in [0.5, 0.6) is 0 Å². The van der Waals surface area contributed by atoms with E-state index in [1.807, 2.05) is 0 Å². The molecule has 16 heavy (non-hydrogen) atoms. The molecule has 1 aromatic heterocycles. The summed E-state index contributed by atoms with van der Waals surface area (Å²) in [5.74, 6) is 2.56. The topological polar surface area (TPSA) is 26.0 Å². The monoisotopic (exact) mass is 273 g/mol. The van der Waals surface area contributed by atoms with Crippen LogP contribution in [-0.4, -0.2) is 28.0 Å². The van der Waals surface area contributed by atoms with Gasteiger partial charge in [0.1, 0.15) is 0 Å². The summed E-state index contributed by atoms with van der Waals surface area (Å²) in [5.41, 5.74) is 7.77. The summed E-state index contributed by atoms with van der Waals surface area (Å²) in [4.78, 5) is 0.